The molecule has 0 saturated carbocycles. The van der Waals surface area contributed by atoms with E-state index in [4.69, 9.17) is 4.74 Å². The summed E-state index contributed by atoms with van der Waals surface area (Å²) in [6, 6.07) is 9.08. The van der Waals surface area contributed by atoms with Gasteiger partial charge in [0.25, 0.3) is 0 Å². The van der Waals surface area contributed by atoms with Crippen LogP contribution in [0.5, 0.6) is 0 Å². The van der Waals surface area contributed by atoms with Gasteiger partial charge in [-0.3, -0.25) is 9.69 Å². The number of nitrogens with zero attached hydrogens (tertiary/aromatic N) is 1. The van der Waals surface area contributed by atoms with Crippen LogP contribution in [0.1, 0.15) is 33.1 Å². The number of thioether (sulfide) groups is 2. The molecule has 0 aliphatic carbocycles. The molecule has 1 aromatic carbocycles. The summed E-state index contributed by atoms with van der Waals surface area (Å²) < 4.78 is 6.06. The largest absolute Gasteiger partial charge is 0.388 e. The minimum absolute atomic E-state index is 0. The minimum atomic E-state index is -1.35. The van der Waals surface area contributed by atoms with Crippen molar-refractivity contribution in [1.82, 2.24) is 10.2 Å². The van der Waals surface area contributed by atoms with E-state index >= 15 is 0 Å². The van der Waals surface area contributed by atoms with Gasteiger partial charge >= 0.3 is 0 Å². The van der Waals surface area contributed by atoms with Crippen LogP contribution in [-0.4, -0.2) is 93.2 Å². The molecule has 34 heavy (non-hydrogen) atoms. The van der Waals surface area contributed by atoms with E-state index in [-0.39, 0.29) is 29.6 Å². The molecule has 2 heterocycles. The molecule has 9 atom stereocenters. The summed E-state index contributed by atoms with van der Waals surface area (Å²) in [7, 11) is 1.98. The molecule has 1 aromatic rings. The Kier molecular flexibility index (Phi) is 12.0. The SMILES string of the molecule is CCC[C@@H]1C[C@@H](C(=O)N[C@@H]([C@H]2O[C@H](SC)[C@H](O)[C@@H](O)[C@H]2O)[C@H](C)Sc2ccccc2)N(C)C1.Cl. The Bertz CT molecular complexity index is 762. The van der Waals surface area contributed by atoms with Crippen LogP contribution in [0.3, 0.4) is 0 Å². The number of hydrogen-bond acceptors (Lipinski definition) is 8. The quantitative estimate of drug-likeness (QED) is 0.358. The standard InChI is InChI=1S/C24H38N2O5S2.ClH/c1-5-9-15-12-17(26(3)13-15)23(30)25-18(14(2)33-16-10-7-6-8-11-16)22-20(28)19(27)21(29)24(31-22)32-4;/h6-8,10-11,14-15,17-22,24,27-29H,5,9,12-13H2,1-4H3,(H,25,30);1H/t14-,15+,17-,18+,19-,20+,21+,22+,24+;/m0./s1. The minimum Gasteiger partial charge on any atom is -0.388 e. The van der Waals surface area contributed by atoms with Gasteiger partial charge in [0, 0.05) is 16.7 Å². The van der Waals surface area contributed by atoms with Crippen LogP contribution in [0.15, 0.2) is 35.2 Å². The molecule has 0 bridgehead atoms. The topological polar surface area (TPSA) is 102 Å². The van der Waals surface area contributed by atoms with Crippen LogP contribution in [0.2, 0.25) is 0 Å². The molecule has 0 aromatic heterocycles. The Labute approximate surface area is 217 Å². The first-order chi connectivity index (χ1) is 15.8. The number of rotatable bonds is 9. The predicted octanol–water partition coefficient (Wildman–Crippen LogP) is 2.36. The lowest BCUT2D eigenvalue weighted by atomic mass is 9.92. The van der Waals surface area contributed by atoms with Crippen LogP contribution in [0.4, 0.5) is 0 Å². The highest BCUT2D eigenvalue weighted by Crippen LogP contribution is 2.34. The lowest BCUT2D eigenvalue weighted by Gasteiger charge is -2.44. The van der Waals surface area contributed by atoms with Crippen molar-refractivity contribution in [2.24, 2.45) is 5.92 Å². The van der Waals surface area contributed by atoms with Gasteiger partial charge in [-0.2, -0.15) is 0 Å². The summed E-state index contributed by atoms with van der Waals surface area (Å²) in [5.74, 6) is 0.415. The zero-order valence-corrected chi connectivity index (χ0v) is 22.7. The maximum Gasteiger partial charge on any atom is 0.237 e. The molecular weight excluding hydrogens is 496 g/mol. The fourth-order valence-corrected chi connectivity index (χ4v) is 6.70. The molecular formula is C24H39ClN2O5S2. The van der Waals surface area contributed by atoms with Crippen molar-refractivity contribution in [2.75, 3.05) is 19.8 Å². The van der Waals surface area contributed by atoms with Crippen LogP contribution >= 0.6 is 35.9 Å². The van der Waals surface area contributed by atoms with E-state index < -0.39 is 35.9 Å². The number of nitrogens with one attached hydrogen (secondary N) is 1. The van der Waals surface area contributed by atoms with Gasteiger partial charge in [0.2, 0.25) is 5.91 Å². The van der Waals surface area contributed by atoms with E-state index in [9.17, 15) is 20.1 Å². The molecule has 4 N–H and O–H groups in total. The van der Waals surface area contributed by atoms with E-state index in [0.29, 0.717) is 5.92 Å². The van der Waals surface area contributed by atoms with E-state index in [2.05, 4.69) is 17.1 Å². The highest BCUT2D eigenvalue weighted by Gasteiger charge is 2.48. The number of amides is 1. The molecule has 2 fully saturated rings. The zero-order chi connectivity index (χ0) is 24.1. The van der Waals surface area contributed by atoms with Gasteiger partial charge in [-0.1, -0.05) is 38.5 Å². The van der Waals surface area contributed by atoms with Gasteiger partial charge in [0.15, 0.2) is 0 Å². The second kappa shape index (κ2) is 13.7. The fourth-order valence-electron chi connectivity index (χ4n) is 4.91. The number of aliphatic hydroxyl groups excluding tert-OH is 3. The summed E-state index contributed by atoms with van der Waals surface area (Å²) in [5, 5.41) is 34.6. The third-order valence-electron chi connectivity index (χ3n) is 6.71. The maximum atomic E-state index is 13.4. The van der Waals surface area contributed by atoms with E-state index in [1.807, 2.05) is 44.3 Å². The average Bonchev–Trinajstić information content (AvgIpc) is 3.17. The molecule has 10 heteroatoms. The van der Waals surface area contributed by atoms with Gasteiger partial charge in [-0.05, 0) is 44.2 Å². The van der Waals surface area contributed by atoms with Crippen molar-refractivity contribution in [3.8, 4) is 0 Å². The van der Waals surface area contributed by atoms with Crippen molar-refractivity contribution in [3.05, 3.63) is 30.3 Å². The smallest absolute Gasteiger partial charge is 0.237 e. The number of carbonyl (C=O) groups is 1. The predicted molar refractivity (Wildman–Crippen MR) is 141 cm³/mol. The van der Waals surface area contributed by atoms with Crippen molar-refractivity contribution < 1.29 is 24.9 Å². The summed E-state index contributed by atoms with van der Waals surface area (Å²) in [6.07, 6.45) is 0.0718. The lowest BCUT2D eigenvalue weighted by molar-refractivity contribution is -0.205. The summed E-state index contributed by atoms with van der Waals surface area (Å²) in [5.41, 5.74) is -0.690. The van der Waals surface area contributed by atoms with Gasteiger partial charge in [-0.25, -0.2) is 0 Å². The second-order valence-electron chi connectivity index (χ2n) is 9.19. The van der Waals surface area contributed by atoms with Gasteiger partial charge in [-0.15, -0.1) is 35.9 Å². The number of benzene rings is 1. The molecule has 0 unspecified atom stereocenters. The molecule has 1 amide bonds. The van der Waals surface area contributed by atoms with Crippen LogP contribution < -0.4 is 5.32 Å². The molecule has 2 aliphatic rings. The van der Waals surface area contributed by atoms with Gasteiger partial charge < -0.3 is 25.4 Å². The van der Waals surface area contributed by atoms with Crippen LogP contribution in [0, 0.1) is 5.92 Å². The normalized spacial score (nSPS) is 33.7. The Hall–Kier alpha value is -0.520. The Morgan fingerprint density at radius 2 is 1.88 bits per heavy atom. The molecule has 194 valence electrons. The molecule has 2 aliphatic heterocycles. The van der Waals surface area contributed by atoms with Crippen molar-refractivity contribution in [3.63, 3.8) is 0 Å². The Morgan fingerprint density at radius 1 is 1.21 bits per heavy atom. The summed E-state index contributed by atoms with van der Waals surface area (Å²) >= 11 is 2.86. The third-order valence-corrected chi connectivity index (χ3v) is 8.77. The number of likely N-dealkylation sites (N-methyl/N-ethyl adjacent to an activating group) is 1. The van der Waals surface area contributed by atoms with Gasteiger partial charge in [0.1, 0.15) is 29.9 Å². The zero-order valence-electron chi connectivity index (χ0n) is 20.2. The molecule has 0 radical (unpaired) electrons. The first kappa shape index (κ1) is 29.7. The van der Waals surface area contributed by atoms with Crippen molar-refractivity contribution in [1.29, 1.82) is 0 Å². The average molecular weight is 535 g/mol. The lowest BCUT2D eigenvalue weighted by Crippen LogP contribution is -2.65. The second-order valence-corrected chi connectivity index (χ2v) is 11.6. The molecule has 2 saturated heterocycles. The number of aliphatic hydroxyl groups is 3. The Balaban J connectivity index is 0.00000408. The van der Waals surface area contributed by atoms with Crippen LogP contribution in [0.25, 0.3) is 0 Å². The number of hydrogen-bond donors (Lipinski definition) is 4. The fraction of sp³-hybridized carbons (Fsp3) is 0.708. The van der Waals surface area contributed by atoms with Crippen LogP contribution in [-0.2, 0) is 9.53 Å². The number of likely N-dealkylation sites (tertiary alicyclic amines) is 1. The van der Waals surface area contributed by atoms with E-state index in [0.717, 1.165) is 30.7 Å². The number of ether oxygens (including phenoxy) is 1. The van der Waals surface area contributed by atoms with Crippen molar-refractivity contribution in [2.45, 2.75) is 85.2 Å². The van der Waals surface area contributed by atoms with E-state index in [1.165, 1.54) is 11.8 Å². The highest BCUT2D eigenvalue weighted by molar-refractivity contribution is 8.00. The third kappa shape index (κ3) is 7.03. The molecule has 0 spiro atoms. The highest BCUT2D eigenvalue weighted by atomic mass is 35.5. The molecule has 3 rings (SSSR count). The van der Waals surface area contributed by atoms with Gasteiger partial charge in [0.05, 0.1) is 12.1 Å². The summed E-state index contributed by atoms with van der Waals surface area (Å²) in [6.45, 7) is 5.05. The summed E-state index contributed by atoms with van der Waals surface area (Å²) in [4.78, 5) is 16.5. The number of halogens is 1. The monoisotopic (exact) mass is 534 g/mol. The first-order valence-electron chi connectivity index (χ1n) is 11.7. The first-order valence-corrected chi connectivity index (χ1v) is 13.9. The maximum absolute atomic E-state index is 13.4. The number of carbonyl (C=O) groups excluding carboxylic acids is 1. The molecule has 7 nitrogen and oxygen atoms in total. The Morgan fingerprint density at radius 3 is 2.50 bits per heavy atom. The van der Waals surface area contributed by atoms with E-state index in [1.54, 1.807) is 18.0 Å². The van der Waals surface area contributed by atoms with Crippen molar-refractivity contribution >= 4 is 41.8 Å².